The van der Waals surface area contributed by atoms with Crippen LogP contribution in [0, 0.1) is 0 Å². The van der Waals surface area contributed by atoms with E-state index in [9.17, 15) is 14.7 Å². The minimum absolute atomic E-state index is 0.0826. The molecule has 1 aromatic heterocycles. The molecular weight excluding hydrogens is 286 g/mol. The van der Waals surface area contributed by atoms with E-state index in [0.717, 1.165) is 12.0 Å². The van der Waals surface area contributed by atoms with Crippen molar-refractivity contribution in [2.45, 2.75) is 19.3 Å². The van der Waals surface area contributed by atoms with Crippen LogP contribution in [0.15, 0.2) is 41.8 Å². The Kier molecular flexibility index (Phi) is 5.11. The lowest BCUT2D eigenvalue weighted by Gasteiger charge is -2.13. The summed E-state index contributed by atoms with van der Waals surface area (Å²) < 4.78 is 0. The van der Waals surface area contributed by atoms with Gasteiger partial charge in [0.1, 0.15) is 0 Å². The van der Waals surface area contributed by atoms with Crippen molar-refractivity contribution in [1.82, 2.24) is 5.32 Å². The molecule has 4 nitrogen and oxygen atoms in total. The molecule has 1 atom stereocenters. The Morgan fingerprint density at radius 1 is 1.24 bits per heavy atom. The number of benzene rings is 1. The van der Waals surface area contributed by atoms with Crippen molar-refractivity contribution >= 4 is 23.2 Å². The number of rotatable bonds is 6. The zero-order chi connectivity index (χ0) is 15.2. The SMILES string of the molecule is CCc1ccsc1C(=O)NCC(C(=O)O)c1ccccc1. The van der Waals surface area contributed by atoms with Crippen LogP contribution in [0.3, 0.4) is 0 Å². The average Bonchev–Trinajstić information content (AvgIpc) is 2.96. The van der Waals surface area contributed by atoms with Crippen LogP contribution in [0.4, 0.5) is 0 Å². The molecule has 0 radical (unpaired) electrons. The number of aryl methyl sites for hydroxylation is 1. The van der Waals surface area contributed by atoms with Crippen LogP contribution in [-0.4, -0.2) is 23.5 Å². The Bertz CT molecular complexity index is 621. The maximum Gasteiger partial charge on any atom is 0.312 e. The first-order valence-electron chi connectivity index (χ1n) is 6.75. The molecule has 21 heavy (non-hydrogen) atoms. The molecule has 0 fully saturated rings. The highest BCUT2D eigenvalue weighted by Crippen LogP contribution is 2.18. The number of amides is 1. The van der Waals surface area contributed by atoms with Crippen molar-refractivity contribution in [2.75, 3.05) is 6.54 Å². The van der Waals surface area contributed by atoms with Gasteiger partial charge < -0.3 is 10.4 Å². The first-order valence-corrected chi connectivity index (χ1v) is 7.63. The van der Waals surface area contributed by atoms with Gasteiger partial charge in [0, 0.05) is 6.54 Å². The molecular formula is C16H17NO3S. The molecule has 0 bridgehead atoms. The molecule has 0 aliphatic heterocycles. The van der Waals surface area contributed by atoms with Crippen molar-refractivity contribution in [2.24, 2.45) is 0 Å². The van der Waals surface area contributed by atoms with Gasteiger partial charge in [0.25, 0.3) is 5.91 Å². The van der Waals surface area contributed by atoms with Crippen molar-refractivity contribution in [3.63, 3.8) is 0 Å². The molecule has 2 N–H and O–H groups in total. The Morgan fingerprint density at radius 2 is 1.95 bits per heavy atom. The summed E-state index contributed by atoms with van der Waals surface area (Å²) in [5.74, 6) is -1.88. The molecule has 2 rings (SSSR count). The number of aliphatic carboxylic acids is 1. The zero-order valence-electron chi connectivity index (χ0n) is 11.7. The zero-order valence-corrected chi connectivity index (χ0v) is 12.5. The smallest absolute Gasteiger partial charge is 0.312 e. The van der Waals surface area contributed by atoms with Crippen LogP contribution in [0.1, 0.15) is 33.6 Å². The summed E-state index contributed by atoms with van der Waals surface area (Å²) in [5.41, 5.74) is 1.68. The number of carboxylic acids is 1. The summed E-state index contributed by atoms with van der Waals surface area (Å²) in [7, 11) is 0. The maximum atomic E-state index is 12.2. The summed E-state index contributed by atoms with van der Waals surface area (Å²) in [6.07, 6.45) is 0.785. The predicted octanol–water partition coefficient (Wildman–Crippen LogP) is 2.91. The van der Waals surface area contributed by atoms with Gasteiger partial charge in [0.15, 0.2) is 0 Å². The lowest BCUT2D eigenvalue weighted by Crippen LogP contribution is -2.31. The van der Waals surface area contributed by atoms with E-state index in [1.807, 2.05) is 24.4 Å². The van der Waals surface area contributed by atoms with Crippen LogP contribution in [0.25, 0.3) is 0 Å². The Morgan fingerprint density at radius 3 is 2.57 bits per heavy atom. The average molecular weight is 303 g/mol. The van der Waals surface area contributed by atoms with Crippen molar-refractivity contribution < 1.29 is 14.7 Å². The summed E-state index contributed by atoms with van der Waals surface area (Å²) in [6, 6.07) is 10.9. The third-order valence-corrected chi connectivity index (χ3v) is 4.26. The molecule has 0 aliphatic rings. The van der Waals surface area contributed by atoms with Gasteiger partial charge >= 0.3 is 5.97 Å². The molecule has 5 heteroatoms. The minimum atomic E-state index is -0.941. The molecule has 0 saturated heterocycles. The second-order valence-corrected chi connectivity index (χ2v) is 5.56. The van der Waals surface area contributed by atoms with Crippen LogP contribution in [0.5, 0.6) is 0 Å². The largest absolute Gasteiger partial charge is 0.481 e. The van der Waals surface area contributed by atoms with Gasteiger partial charge in [-0.3, -0.25) is 9.59 Å². The van der Waals surface area contributed by atoms with Gasteiger partial charge in [-0.15, -0.1) is 11.3 Å². The van der Waals surface area contributed by atoms with Crippen LogP contribution < -0.4 is 5.32 Å². The third kappa shape index (κ3) is 3.70. The number of carboxylic acid groups (broad SMARTS) is 1. The quantitative estimate of drug-likeness (QED) is 0.862. The van der Waals surface area contributed by atoms with Crippen molar-refractivity contribution in [3.05, 3.63) is 57.8 Å². The van der Waals surface area contributed by atoms with Crippen molar-refractivity contribution in [1.29, 1.82) is 0 Å². The fourth-order valence-corrected chi connectivity index (χ4v) is 3.03. The highest BCUT2D eigenvalue weighted by molar-refractivity contribution is 7.12. The monoisotopic (exact) mass is 303 g/mol. The van der Waals surface area contributed by atoms with Gasteiger partial charge in [0.2, 0.25) is 0 Å². The summed E-state index contributed by atoms with van der Waals surface area (Å²) in [4.78, 5) is 24.2. The highest BCUT2D eigenvalue weighted by atomic mass is 32.1. The Hall–Kier alpha value is -2.14. The molecule has 0 aliphatic carbocycles. The Balaban J connectivity index is 2.06. The fraction of sp³-hybridized carbons (Fsp3) is 0.250. The minimum Gasteiger partial charge on any atom is -0.481 e. The molecule has 0 spiro atoms. The van der Waals surface area contributed by atoms with Crippen molar-refractivity contribution in [3.8, 4) is 0 Å². The molecule has 1 aromatic carbocycles. The third-order valence-electron chi connectivity index (χ3n) is 3.30. The molecule has 1 heterocycles. The van der Waals surface area contributed by atoms with E-state index < -0.39 is 11.9 Å². The topological polar surface area (TPSA) is 66.4 Å². The van der Waals surface area contributed by atoms with Crippen LogP contribution in [-0.2, 0) is 11.2 Å². The Labute approximate surface area is 127 Å². The maximum absolute atomic E-state index is 12.2. The number of hydrogen-bond donors (Lipinski definition) is 2. The van der Waals surface area contributed by atoms with E-state index >= 15 is 0 Å². The standard InChI is InChI=1S/C16H17NO3S/c1-2-11-8-9-21-14(11)15(18)17-10-13(16(19)20)12-6-4-3-5-7-12/h3-9,13H,2,10H2,1H3,(H,17,18)(H,19,20). The first-order chi connectivity index (χ1) is 10.1. The van der Waals surface area contributed by atoms with Gasteiger partial charge in [-0.1, -0.05) is 37.3 Å². The van der Waals surface area contributed by atoms with E-state index in [1.54, 1.807) is 24.3 Å². The summed E-state index contributed by atoms with van der Waals surface area (Å²) in [5, 5.41) is 13.9. The summed E-state index contributed by atoms with van der Waals surface area (Å²) in [6.45, 7) is 2.07. The summed E-state index contributed by atoms with van der Waals surface area (Å²) >= 11 is 1.38. The lowest BCUT2D eigenvalue weighted by molar-refractivity contribution is -0.138. The number of hydrogen-bond acceptors (Lipinski definition) is 3. The van der Waals surface area contributed by atoms with Crippen LogP contribution >= 0.6 is 11.3 Å². The second-order valence-electron chi connectivity index (χ2n) is 4.64. The molecule has 2 aromatic rings. The molecule has 110 valence electrons. The molecule has 1 amide bonds. The number of carbonyl (C=O) groups excluding carboxylic acids is 1. The van der Waals surface area contributed by atoms with E-state index in [-0.39, 0.29) is 12.5 Å². The van der Waals surface area contributed by atoms with Gasteiger partial charge in [-0.05, 0) is 29.0 Å². The van der Waals surface area contributed by atoms with Gasteiger partial charge in [0.05, 0.1) is 10.8 Å². The van der Waals surface area contributed by atoms with Crippen LogP contribution in [0.2, 0.25) is 0 Å². The highest BCUT2D eigenvalue weighted by Gasteiger charge is 2.21. The molecule has 0 saturated carbocycles. The number of thiophene rings is 1. The number of carbonyl (C=O) groups is 2. The lowest BCUT2D eigenvalue weighted by atomic mass is 9.99. The van der Waals surface area contributed by atoms with E-state index in [1.165, 1.54) is 11.3 Å². The molecule has 1 unspecified atom stereocenters. The number of nitrogens with one attached hydrogen (secondary N) is 1. The second kappa shape index (κ2) is 7.04. The van der Waals surface area contributed by atoms with Gasteiger partial charge in [-0.2, -0.15) is 0 Å². The normalized spacial score (nSPS) is 11.9. The van der Waals surface area contributed by atoms with E-state index in [4.69, 9.17) is 0 Å². The van der Waals surface area contributed by atoms with Gasteiger partial charge in [-0.25, -0.2) is 0 Å². The van der Waals surface area contributed by atoms with E-state index in [2.05, 4.69) is 5.32 Å². The first kappa shape index (κ1) is 15.3. The van der Waals surface area contributed by atoms with E-state index in [0.29, 0.717) is 10.4 Å². The predicted molar refractivity (Wildman–Crippen MR) is 82.8 cm³/mol. The fourth-order valence-electron chi connectivity index (χ4n) is 2.12.